The highest BCUT2D eigenvalue weighted by molar-refractivity contribution is 7.89. The molecule has 0 aliphatic carbocycles. The number of anilines is 1. The summed E-state index contributed by atoms with van der Waals surface area (Å²) >= 11 is 18.7. The van der Waals surface area contributed by atoms with E-state index in [0.717, 1.165) is 30.5 Å². The Balaban J connectivity index is 1.80. The molecule has 0 spiro atoms. The summed E-state index contributed by atoms with van der Waals surface area (Å²) in [5.41, 5.74) is 1.99. The van der Waals surface area contributed by atoms with Gasteiger partial charge in [-0.15, -0.1) is 0 Å². The maximum atomic E-state index is 12.6. The van der Waals surface area contributed by atoms with Gasteiger partial charge in [-0.3, -0.25) is 0 Å². The number of sulfonamides is 1. The van der Waals surface area contributed by atoms with E-state index in [9.17, 15) is 8.42 Å². The van der Waals surface area contributed by atoms with E-state index in [1.165, 1.54) is 0 Å². The standard InChI is InChI=1S/C23H29Cl3N2O2S/c1-16(2)11-12-27-31(29,30)15-17-3-10-23(21-9-6-19(25)13-22(21)26)28(14-17)20-7-4-18(24)5-8-20/h4-9,13,16-17,23,27H,3,10-12,14-15H2,1-2H3/t17-,23+/m1/s1. The Labute approximate surface area is 200 Å². The molecule has 1 saturated heterocycles. The molecule has 2 atom stereocenters. The lowest BCUT2D eigenvalue weighted by Crippen LogP contribution is -2.42. The van der Waals surface area contributed by atoms with E-state index < -0.39 is 10.0 Å². The molecule has 0 unspecified atom stereocenters. The summed E-state index contributed by atoms with van der Waals surface area (Å²) < 4.78 is 28.0. The molecule has 0 aromatic heterocycles. The normalized spacial score (nSPS) is 19.7. The van der Waals surface area contributed by atoms with E-state index in [0.29, 0.717) is 34.1 Å². The SMILES string of the molecule is CC(C)CCNS(=O)(=O)C[C@@H]1CC[C@@H](c2ccc(Cl)cc2Cl)N(c2ccc(Cl)cc2)C1. The van der Waals surface area contributed by atoms with E-state index in [4.69, 9.17) is 34.8 Å². The summed E-state index contributed by atoms with van der Waals surface area (Å²) in [6, 6.07) is 13.2. The average Bonchev–Trinajstić information content (AvgIpc) is 2.68. The number of rotatable bonds is 8. The number of halogens is 3. The van der Waals surface area contributed by atoms with Crippen molar-refractivity contribution in [1.29, 1.82) is 0 Å². The maximum absolute atomic E-state index is 12.6. The van der Waals surface area contributed by atoms with Gasteiger partial charge in [0.1, 0.15) is 0 Å². The van der Waals surface area contributed by atoms with E-state index in [-0.39, 0.29) is 17.7 Å². The molecule has 31 heavy (non-hydrogen) atoms. The van der Waals surface area contributed by atoms with E-state index in [1.807, 2.05) is 36.4 Å². The second kappa shape index (κ2) is 10.8. The Morgan fingerprint density at radius 3 is 2.35 bits per heavy atom. The third kappa shape index (κ3) is 7.00. The highest BCUT2D eigenvalue weighted by Crippen LogP contribution is 2.40. The Bertz CT molecular complexity index is 981. The summed E-state index contributed by atoms with van der Waals surface area (Å²) in [5, 5.41) is 1.88. The first-order valence-corrected chi connectivity index (χ1v) is 13.4. The Hall–Kier alpha value is -0.980. The second-order valence-corrected chi connectivity index (χ2v) is 11.7. The summed E-state index contributed by atoms with van der Waals surface area (Å²) in [4.78, 5) is 2.24. The van der Waals surface area contributed by atoms with Gasteiger partial charge in [0, 0.05) is 33.8 Å². The third-order valence-corrected chi connectivity index (χ3v) is 8.03. The summed E-state index contributed by atoms with van der Waals surface area (Å²) in [6.45, 7) is 5.27. The summed E-state index contributed by atoms with van der Waals surface area (Å²) in [7, 11) is -3.33. The van der Waals surface area contributed by atoms with E-state index in [2.05, 4.69) is 23.5 Å². The average molecular weight is 504 g/mol. The fraction of sp³-hybridized carbons (Fsp3) is 0.478. The minimum Gasteiger partial charge on any atom is -0.364 e. The number of hydrogen-bond acceptors (Lipinski definition) is 3. The highest BCUT2D eigenvalue weighted by Gasteiger charge is 2.33. The first kappa shape index (κ1) is 24.7. The molecule has 0 saturated carbocycles. The molecule has 8 heteroatoms. The van der Waals surface area contributed by atoms with Gasteiger partial charge < -0.3 is 4.90 Å². The van der Waals surface area contributed by atoms with Crippen LogP contribution in [0.1, 0.15) is 44.7 Å². The largest absolute Gasteiger partial charge is 0.364 e. The van der Waals surface area contributed by atoms with Crippen molar-refractivity contribution < 1.29 is 8.42 Å². The first-order chi connectivity index (χ1) is 14.6. The van der Waals surface area contributed by atoms with Crippen LogP contribution in [0.4, 0.5) is 5.69 Å². The van der Waals surface area contributed by atoms with Crippen LogP contribution in [0.3, 0.4) is 0 Å². The number of nitrogens with zero attached hydrogens (tertiary/aromatic N) is 1. The molecule has 0 bridgehead atoms. The van der Waals surface area contributed by atoms with Gasteiger partial charge in [0.15, 0.2) is 0 Å². The Morgan fingerprint density at radius 2 is 1.71 bits per heavy atom. The highest BCUT2D eigenvalue weighted by atomic mass is 35.5. The van der Waals surface area contributed by atoms with Gasteiger partial charge in [0.25, 0.3) is 0 Å². The van der Waals surface area contributed by atoms with Crippen LogP contribution in [-0.4, -0.2) is 27.3 Å². The van der Waals surface area contributed by atoms with Gasteiger partial charge >= 0.3 is 0 Å². The molecular weight excluding hydrogens is 475 g/mol. The third-order valence-electron chi connectivity index (χ3n) is 5.66. The first-order valence-electron chi connectivity index (χ1n) is 10.6. The van der Waals surface area contributed by atoms with Gasteiger partial charge in [0.05, 0.1) is 11.8 Å². The molecule has 170 valence electrons. The molecule has 1 aliphatic rings. The molecule has 3 rings (SSSR count). The lowest BCUT2D eigenvalue weighted by molar-refractivity contribution is 0.380. The van der Waals surface area contributed by atoms with Crippen LogP contribution in [-0.2, 0) is 10.0 Å². The van der Waals surface area contributed by atoms with Crippen LogP contribution in [0.5, 0.6) is 0 Å². The smallest absolute Gasteiger partial charge is 0.211 e. The van der Waals surface area contributed by atoms with E-state index >= 15 is 0 Å². The quantitative estimate of drug-likeness (QED) is 0.443. The number of hydrogen-bond donors (Lipinski definition) is 1. The van der Waals surface area contributed by atoms with Gasteiger partial charge in [0.2, 0.25) is 10.0 Å². The number of nitrogens with one attached hydrogen (secondary N) is 1. The van der Waals surface area contributed by atoms with Gasteiger partial charge in [-0.05, 0) is 73.1 Å². The van der Waals surface area contributed by atoms with Crippen LogP contribution in [0.15, 0.2) is 42.5 Å². The molecule has 0 amide bonds. The molecule has 1 aliphatic heterocycles. The summed E-state index contributed by atoms with van der Waals surface area (Å²) in [5.74, 6) is 0.605. The van der Waals surface area contributed by atoms with Crippen molar-refractivity contribution in [3.63, 3.8) is 0 Å². The predicted molar refractivity (Wildman–Crippen MR) is 132 cm³/mol. The molecule has 2 aromatic carbocycles. The second-order valence-electron chi connectivity index (χ2n) is 8.61. The fourth-order valence-electron chi connectivity index (χ4n) is 4.07. The zero-order valence-corrected chi connectivity index (χ0v) is 20.9. The van der Waals surface area contributed by atoms with Crippen LogP contribution in [0.2, 0.25) is 15.1 Å². The lowest BCUT2D eigenvalue weighted by atomic mass is 9.89. The zero-order chi connectivity index (χ0) is 22.6. The maximum Gasteiger partial charge on any atom is 0.211 e. The molecule has 1 N–H and O–H groups in total. The van der Waals surface area contributed by atoms with Crippen molar-refractivity contribution in [1.82, 2.24) is 4.72 Å². The monoisotopic (exact) mass is 502 g/mol. The van der Waals surface area contributed by atoms with Gasteiger partial charge in [-0.25, -0.2) is 13.1 Å². The summed E-state index contributed by atoms with van der Waals surface area (Å²) in [6.07, 6.45) is 2.44. The topological polar surface area (TPSA) is 49.4 Å². The van der Waals surface area contributed by atoms with Gasteiger partial charge in [-0.1, -0.05) is 54.7 Å². The van der Waals surface area contributed by atoms with Crippen LogP contribution in [0, 0.1) is 11.8 Å². The van der Waals surface area contributed by atoms with Crippen LogP contribution < -0.4 is 9.62 Å². The van der Waals surface area contributed by atoms with Crippen molar-refractivity contribution in [2.45, 2.75) is 39.2 Å². The predicted octanol–water partition coefficient (Wildman–Crippen LogP) is 6.57. The molecule has 1 heterocycles. The van der Waals surface area contributed by atoms with Crippen molar-refractivity contribution in [2.24, 2.45) is 11.8 Å². The fourth-order valence-corrected chi connectivity index (χ4v) is 6.17. The lowest BCUT2D eigenvalue weighted by Gasteiger charge is -2.42. The van der Waals surface area contributed by atoms with Crippen LogP contribution in [0.25, 0.3) is 0 Å². The Kier molecular flexibility index (Phi) is 8.56. The van der Waals surface area contributed by atoms with Gasteiger partial charge in [-0.2, -0.15) is 0 Å². The van der Waals surface area contributed by atoms with Crippen LogP contribution >= 0.6 is 34.8 Å². The van der Waals surface area contributed by atoms with Crippen molar-refractivity contribution in [3.8, 4) is 0 Å². The van der Waals surface area contributed by atoms with Crippen molar-refractivity contribution in [2.75, 3.05) is 23.7 Å². The molecule has 1 fully saturated rings. The molecule has 4 nitrogen and oxygen atoms in total. The molecule has 2 aromatic rings. The number of benzene rings is 2. The number of piperidine rings is 1. The Morgan fingerprint density at radius 1 is 1.03 bits per heavy atom. The molecular formula is C23H29Cl3N2O2S. The minimum absolute atomic E-state index is 0.0227. The zero-order valence-electron chi connectivity index (χ0n) is 17.8. The molecule has 0 radical (unpaired) electrons. The minimum atomic E-state index is -3.33. The van der Waals surface area contributed by atoms with Crippen molar-refractivity contribution in [3.05, 3.63) is 63.1 Å². The van der Waals surface area contributed by atoms with Crippen molar-refractivity contribution >= 4 is 50.5 Å². The van der Waals surface area contributed by atoms with E-state index in [1.54, 1.807) is 6.07 Å².